The molecule has 4 aromatic rings. The Morgan fingerprint density at radius 1 is 0.800 bits per heavy atom. The summed E-state index contributed by atoms with van der Waals surface area (Å²) in [6.07, 6.45) is 0.987. The van der Waals surface area contributed by atoms with Crippen LogP contribution in [0.25, 0.3) is 0 Å². The SMILES string of the molecule is CCCNC(=O)[C@@H](Cc1ccccc1)N(Cc1ccc(C)cc1)C(=O)CN(c1cccc(Cl)c1C)S(=O)(=O)c1ccc(C)cc1. The molecule has 45 heavy (non-hydrogen) atoms. The zero-order valence-electron chi connectivity index (χ0n) is 26.2. The van der Waals surface area contributed by atoms with Gasteiger partial charge in [-0.1, -0.05) is 102 Å². The molecule has 9 heteroatoms. The fourth-order valence-electron chi connectivity index (χ4n) is 5.03. The Morgan fingerprint density at radius 2 is 1.42 bits per heavy atom. The fraction of sp³-hybridized carbons (Fsp3) is 0.278. The molecule has 0 radical (unpaired) electrons. The van der Waals surface area contributed by atoms with Crippen molar-refractivity contribution < 1.29 is 18.0 Å². The maximum Gasteiger partial charge on any atom is 0.264 e. The first-order valence-electron chi connectivity index (χ1n) is 15.0. The Balaban J connectivity index is 1.82. The number of amides is 2. The van der Waals surface area contributed by atoms with E-state index in [2.05, 4.69) is 5.32 Å². The highest BCUT2D eigenvalue weighted by Gasteiger charge is 2.35. The Labute approximate surface area is 271 Å². The van der Waals surface area contributed by atoms with Crippen molar-refractivity contribution >= 4 is 39.1 Å². The third kappa shape index (κ3) is 8.53. The third-order valence-corrected chi connectivity index (χ3v) is 9.87. The van der Waals surface area contributed by atoms with Crippen LogP contribution in [0.3, 0.4) is 0 Å². The van der Waals surface area contributed by atoms with Crippen LogP contribution in [0, 0.1) is 20.8 Å². The maximum absolute atomic E-state index is 14.5. The van der Waals surface area contributed by atoms with Crippen LogP contribution in [0.15, 0.2) is 102 Å². The number of rotatable bonds is 13. The van der Waals surface area contributed by atoms with Gasteiger partial charge in [-0.05, 0) is 68.1 Å². The molecule has 0 aliphatic carbocycles. The van der Waals surface area contributed by atoms with E-state index in [0.29, 0.717) is 22.8 Å². The van der Waals surface area contributed by atoms with Crippen molar-refractivity contribution in [3.8, 4) is 0 Å². The molecular weight excluding hydrogens is 606 g/mol. The van der Waals surface area contributed by atoms with Crippen molar-refractivity contribution in [2.45, 2.75) is 58.0 Å². The van der Waals surface area contributed by atoms with Crippen LogP contribution in [0.4, 0.5) is 5.69 Å². The molecule has 236 valence electrons. The Morgan fingerprint density at radius 3 is 2.04 bits per heavy atom. The molecule has 0 bridgehead atoms. The van der Waals surface area contributed by atoms with E-state index < -0.39 is 28.5 Å². The summed E-state index contributed by atoms with van der Waals surface area (Å²) in [4.78, 5) is 29.8. The molecule has 0 heterocycles. The van der Waals surface area contributed by atoms with Gasteiger partial charge in [-0.25, -0.2) is 8.42 Å². The lowest BCUT2D eigenvalue weighted by Gasteiger charge is -2.34. The first kappa shape index (κ1) is 33.7. The molecule has 4 aromatic carbocycles. The summed E-state index contributed by atoms with van der Waals surface area (Å²) in [5.74, 6) is -0.814. The number of aryl methyl sites for hydroxylation is 2. The normalized spacial score (nSPS) is 11.9. The Kier molecular flexibility index (Phi) is 11.4. The molecule has 2 amide bonds. The molecular formula is C36H40ClN3O4S. The van der Waals surface area contributed by atoms with E-state index in [1.54, 1.807) is 37.3 Å². The molecule has 4 rings (SSSR count). The minimum Gasteiger partial charge on any atom is -0.354 e. The van der Waals surface area contributed by atoms with E-state index in [-0.39, 0.29) is 23.8 Å². The zero-order chi connectivity index (χ0) is 32.6. The van der Waals surface area contributed by atoms with Gasteiger partial charge >= 0.3 is 0 Å². The predicted octanol–water partition coefficient (Wildman–Crippen LogP) is 6.63. The second-order valence-corrected chi connectivity index (χ2v) is 13.5. The van der Waals surface area contributed by atoms with Crippen LogP contribution in [0.5, 0.6) is 0 Å². The van der Waals surface area contributed by atoms with Gasteiger partial charge in [-0.2, -0.15) is 0 Å². The molecule has 0 fully saturated rings. The smallest absolute Gasteiger partial charge is 0.264 e. The van der Waals surface area contributed by atoms with Crippen molar-refractivity contribution in [3.63, 3.8) is 0 Å². The fourth-order valence-corrected chi connectivity index (χ4v) is 6.67. The average Bonchev–Trinajstić information content (AvgIpc) is 3.03. The number of hydrogen-bond donors (Lipinski definition) is 1. The molecule has 0 aliphatic heterocycles. The van der Waals surface area contributed by atoms with Gasteiger partial charge in [0.2, 0.25) is 11.8 Å². The van der Waals surface area contributed by atoms with E-state index in [9.17, 15) is 18.0 Å². The molecule has 0 aliphatic rings. The minimum absolute atomic E-state index is 0.0480. The molecule has 7 nitrogen and oxygen atoms in total. The summed E-state index contributed by atoms with van der Waals surface area (Å²) in [6, 6.07) is 27.8. The topological polar surface area (TPSA) is 86.8 Å². The van der Waals surface area contributed by atoms with Crippen molar-refractivity contribution in [2.75, 3.05) is 17.4 Å². The van der Waals surface area contributed by atoms with Crippen LogP contribution >= 0.6 is 11.6 Å². The lowest BCUT2D eigenvalue weighted by atomic mass is 10.0. The minimum atomic E-state index is -4.21. The summed E-state index contributed by atoms with van der Waals surface area (Å²) in [5, 5.41) is 3.34. The molecule has 0 spiro atoms. The highest BCUT2D eigenvalue weighted by Crippen LogP contribution is 2.31. The van der Waals surface area contributed by atoms with Crippen molar-refractivity contribution in [1.29, 1.82) is 0 Å². The zero-order valence-corrected chi connectivity index (χ0v) is 27.7. The Hall–Kier alpha value is -4.14. The van der Waals surface area contributed by atoms with Crippen molar-refractivity contribution in [2.24, 2.45) is 0 Å². The van der Waals surface area contributed by atoms with Gasteiger partial charge in [0.15, 0.2) is 0 Å². The van der Waals surface area contributed by atoms with Gasteiger partial charge in [0, 0.05) is 24.5 Å². The summed E-state index contributed by atoms with van der Waals surface area (Å²) >= 11 is 6.45. The van der Waals surface area contributed by atoms with E-state index in [4.69, 9.17) is 11.6 Å². The first-order valence-corrected chi connectivity index (χ1v) is 16.8. The number of carbonyl (C=O) groups is 2. The van der Waals surface area contributed by atoms with Gasteiger partial charge in [0.05, 0.1) is 10.6 Å². The van der Waals surface area contributed by atoms with Crippen LogP contribution in [-0.2, 0) is 32.6 Å². The maximum atomic E-state index is 14.5. The third-order valence-electron chi connectivity index (χ3n) is 7.69. The molecule has 0 saturated carbocycles. The van der Waals surface area contributed by atoms with Crippen LogP contribution in [0.1, 0.15) is 41.2 Å². The van der Waals surface area contributed by atoms with Gasteiger partial charge in [0.25, 0.3) is 10.0 Å². The van der Waals surface area contributed by atoms with Gasteiger partial charge < -0.3 is 10.2 Å². The van der Waals surface area contributed by atoms with Crippen LogP contribution in [-0.4, -0.2) is 44.3 Å². The molecule has 0 aromatic heterocycles. The van der Waals surface area contributed by atoms with Crippen molar-refractivity contribution in [1.82, 2.24) is 10.2 Å². The molecule has 0 unspecified atom stereocenters. The Bertz CT molecular complexity index is 1710. The summed E-state index contributed by atoms with van der Waals surface area (Å²) in [5.41, 5.74) is 4.48. The number of benzene rings is 4. The van der Waals surface area contributed by atoms with Gasteiger partial charge in [-0.3, -0.25) is 13.9 Å². The highest BCUT2D eigenvalue weighted by atomic mass is 35.5. The number of nitrogens with zero attached hydrogens (tertiary/aromatic N) is 2. The molecule has 1 atom stereocenters. The van der Waals surface area contributed by atoms with E-state index in [0.717, 1.165) is 33.0 Å². The summed E-state index contributed by atoms with van der Waals surface area (Å²) in [6.45, 7) is 7.57. The lowest BCUT2D eigenvalue weighted by molar-refractivity contribution is -0.140. The number of carbonyl (C=O) groups excluding carboxylic acids is 2. The second kappa shape index (κ2) is 15.2. The van der Waals surface area contributed by atoms with E-state index in [1.165, 1.54) is 17.0 Å². The largest absolute Gasteiger partial charge is 0.354 e. The number of sulfonamides is 1. The first-order chi connectivity index (χ1) is 21.5. The summed E-state index contributed by atoms with van der Waals surface area (Å²) in [7, 11) is -4.21. The average molecular weight is 646 g/mol. The van der Waals surface area contributed by atoms with Crippen molar-refractivity contribution in [3.05, 3.63) is 130 Å². The number of hydrogen-bond acceptors (Lipinski definition) is 4. The highest BCUT2D eigenvalue weighted by molar-refractivity contribution is 7.92. The quantitative estimate of drug-likeness (QED) is 0.177. The summed E-state index contributed by atoms with van der Waals surface area (Å²) < 4.78 is 29.6. The number of halogens is 1. The molecule has 1 N–H and O–H groups in total. The van der Waals surface area contributed by atoms with Crippen LogP contribution < -0.4 is 9.62 Å². The van der Waals surface area contributed by atoms with Gasteiger partial charge in [0.1, 0.15) is 12.6 Å². The second-order valence-electron chi connectivity index (χ2n) is 11.2. The lowest BCUT2D eigenvalue weighted by Crippen LogP contribution is -2.53. The van der Waals surface area contributed by atoms with E-state index in [1.807, 2.05) is 75.4 Å². The standard InChI is InChI=1S/C36H40ClN3O4S/c1-5-22-38-36(42)34(23-29-10-7-6-8-11-29)39(24-30-18-14-26(2)15-19-30)35(41)25-40(33-13-9-12-32(37)28(33)4)45(43,44)31-20-16-27(3)17-21-31/h6-21,34H,5,22-25H2,1-4H3,(H,38,42)/t34-/m1/s1. The molecule has 0 saturated heterocycles. The van der Waals surface area contributed by atoms with Gasteiger partial charge in [-0.15, -0.1) is 0 Å². The van der Waals surface area contributed by atoms with E-state index >= 15 is 0 Å². The van der Waals surface area contributed by atoms with Crippen LogP contribution in [0.2, 0.25) is 5.02 Å². The predicted molar refractivity (Wildman–Crippen MR) is 181 cm³/mol. The number of nitrogens with one attached hydrogen (secondary N) is 1. The monoisotopic (exact) mass is 645 g/mol. The number of anilines is 1.